The molecule has 0 aliphatic carbocycles. The maximum atomic E-state index is 13.1. The van der Waals surface area contributed by atoms with E-state index in [1.807, 2.05) is 73.6 Å². The van der Waals surface area contributed by atoms with E-state index in [2.05, 4.69) is 15.3 Å². The number of para-hydroxylation sites is 1. The number of amides is 1. The molecular weight excluding hydrogens is 362 g/mol. The van der Waals surface area contributed by atoms with Crippen molar-refractivity contribution in [3.05, 3.63) is 84.3 Å². The van der Waals surface area contributed by atoms with Crippen LogP contribution in [-0.4, -0.2) is 35.0 Å². The molecule has 4 aromatic rings. The summed E-state index contributed by atoms with van der Waals surface area (Å²) in [7, 11) is 3.88. The molecule has 3 aromatic heterocycles. The second kappa shape index (κ2) is 8.06. The molecule has 0 saturated carbocycles. The lowest BCUT2D eigenvalue weighted by molar-refractivity contribution is 0.0952. The highest BCUT2D eigenvalue weighted by Crippen LogP contribution is 2.24. The van der Waals surface area contributed by atoms with Gasteiger partial charge in [0.15, 0.2) is 0 Å². The Morgan fingerprint density at radius 3 is 2.69 bits per heavy atom. The Morgan fingerprint density at radius 2 is 1.90 bits per heavy atom. The molecule has 6 nitrogen and oxygen atoms in total. The Kier molecular flexibility index (Phi) is 5.16. The van der Waals surface area contributed by atoms with Gasteiger partial charge >= 0.3 is 0 Å². The van der Waals surface area contributed by atoms with Gasteiger partial charge in [0, 0.05) is 50.2 Å². The van der Waals surface area contributed by atoms with Crippen LogP contribution in [0.15, 0.2) is 73.2 Å². The van der Waals surface area contributed by atoms with E-state index in [0.29, 0.717) is 12.1 Å². The predicted octanol–water partition coefficient (Wildman–Crippen LogP) is 3.69. The molecule has 0 aliphatic rings. The van der Waals surface area contributed by atoms with Gasteiger partial charge in [-0.2, -0.15) is 0 Å². The highest BCUT2D eigenvalue weighted by molar-refractivity contribution is 6.07. The van der Waals surface area contributed by atoms with Gasteiger partial charge in [0.2, 0.25) is 0 Å². The number of carbonyl (C=O) groups is 1. The third-order valence-corrected chi connectivity index (χ3v) is 4.64. The fraction of sp³-hybridized carbons (Fsp3) is 0.130. The summed E-state index contributed by atoms with van der Waals surface area (Å²) in [6, 6.07) is 17.2. The first-order chi connectivity index (χ1) is 14.1. The van der Waals surface area contributed by atoms with Crippen molar-refractivity contribution in [2.24, 2.45) is 0 Å². The second-order valence-corrected chi connectivity index (χ2v) is 6.91. The Bertz CT molecular complexity index is 1160. The SMILES string of the molecule is CN(C)c1cc(CNC(=O)c2cc(-c3cccnc3)nc3ccccc23)ccn1. The van der Waals surface area contributed by atoms with Crippen molar-refractivity contribution in [1.29, 1.82) is 0 Å². The van der Waals surface area contributed by atoms with Gasteiger partial charge in [0.05, 0.1) is 16.8 Å². The van der Waals surface area contributed by atoms with E-state index in [-0.39, 0.29) is 5.91 Å². The summed E-state index contributed by atoms with van der Waals surface area (Å²) in [5, 5.41) is 3.84. The molecule has 0 saturated heterocycles. The Hall–Kier alpha value is -3.80. The van der Waals surface area contributed by atoms with Crippen molar-refractivity contribution < 1.29 is 4.79 Å². The van der Waals surface area contributed by atoms with Crippen LogP contribution in [0.1, 0.15) is 15.9 Å². The lowest BCUT2D eigenvalue weighted by atomic mass is 10.0. The molecule has 0 radical (unpaired) electrons. The molecule has 4 rings (SSSR count). The molecule has 29 heavy (non-hydrogen) atoms. The molecule has 0 aliphatic heterocycles. The number of pyridine rings is 3. The van der Waals surface area contributed by atoms with Crippen molar-refractivity contribution in [3.63, 3.8) is 0 Å². The average Bonchev–Trinajstić information content (AvgIpc) is 2.77. The van der Waals surface area contributed by atoms with Crippen molar-refractivity contribution in [3.8, 4) is 11.3 Å². The van der Waals surface area contributed by atoms with Gasteiger partial charge in [0.25, 0.3) is 5.91 Å². The molecule has 0 bridgehead atoms. The highest BCUT2D eigenvalue weighted by Gasteiger charge is 2.14. The van der Waals surface area contributed by atoms with E-state index in [0.717, 1.165) is 33.5 Å². The molecule has 0 atom stereocenters. The molecule has 0 spiro atoms. The number of anilines is 1. The van der Waals surface area contributed by atoms with Gasteiger partial charge in [-0.3, -0.25) is 9.78 Å². The number of hydrogen-bond acceptors (Lipinski definition) is 5. The topological polar surface area (TPSA) is 71.0 Å². The lowest BCUT2D eigenvalue weighted by Gasteiger charge is -2.13. The molecule has 3 heterocycles. The van der Waals surface area contributed by atoms with Gasteiger partial charge in [-0.1, -0.05) is 18.2 Å². The van der Waals surface area contributed by atoms with E-state index in [4.69, 9.17) is 4.98 Å². The largest absolute Gasteiger partial charge is 0.363 e. The summed E-state index contributed by atoms with van der Waals surface area (Å²) in [6.45, 7) is 0.418. The minimum atomic E-state index is -0.142. The number of rotatable bonds is 5. The van der Waals surface area contributed by atoms with Crippen molar-refractivity contribution in [2.75, 3.05) is 19.0 Å². The standard InChI is InChI=1S/C23H21N5O/c1-28(2)22-12-16(9-11-25-22)14-26-23(29)19-13-21(17-6-5-10-24-15-17)27-20-8-4-3-7-18(19)20/h3-13,15H,14H2,1-2H3,(H,26,29). The van der Waals surface area contributed by atoms with Crippen LogP contribution in [0.3, 0.4) is 0 Å². The number of benzene rings is 1. The molecule has 0 unspecified atom stereocenters. The van der Waals surface area contributed by atoms with Gasteiger partial charge in [-0.15, -0.1) is 0 Å². The Balaban J connectivity index is 1.65. The van der Waals surface area contributed by atoms with E-state index in [9.17, 15) is 4.79 Å². The highest BCUT2D eigenvalue weighted by atomic mass is 16.1. The predicted molar refractivity (Wildman–Crippen MR) is 115 cm³/mol. The van der Waals surface area contributed by atoms with Crippen LogP contribution in [-0.2, 0) is 6.54 Å². The summed E-state index contributed by atoms with van der Waals surface area (Å²) in [5.74, 6) is 0.710. The third-order valence-electron chi connectivity index (χ3n) is 4.64. The first kappa shape index (κ1) is 18.6. The first-order valence-corrected chi connectivity index (χ1v) is 9.32. The van der Waals surface area contributed by atoms with Crippen LogP contribution in [0.4, 0.5) is 5.82 Å². The molecule has 144 valence electrons. The number of fused-ring (bicyclic) bond motifs is 1. The zero-order chi connectivity index (χ0) is 20.2. The summed E-state index contributed by atoms with van der Waals surface area (Å²) in [5.41, 5.74) is 3.95. The fourth-order valence-corrected chi connectivity index (χ4v) is 3.12. The van der Waals surface area contributed by atoms with Crippen LogP contribution >= 0.6 is 0 Å². The number of carbonyl (C=O) groups excluding carboxylic acids is 1. The van der Waals surface area contributed by atoms with E-state index in [1.54, 1.807) is 18.6 Å². The molecule has 6 heteroatoms. The number of hydrogen-bond donors (Lipinski definition) is 1. The van der Waals surface area contributed by atoms with Crippen molar-refractivity contribution in [1.82, 2.24) is 20.3 Å². The minimum Gasteiger partial charge on any atom is -0.363 e. The maximum Gasteiger partial charge on any atom is 0.252 e. The Labute approximate surface area is 169 Å². The second-order valence-electron chi connectivity index (χ2n) is 6.91. The maximum absolute atomic E-state index is 13.1. The molecular formula is C23H21N5O. The van der Waals surface area contributed by atoms with Crippen LogP contribution in [0.25, 0.3) is 22.2 Å². The van der Waals surface area contributed by atoms with Gasteiger partial charge in [-0.25, -0.2) is 9.97 Å². The van der Waals surface area contributed by atoms with Crippen LogP contribution < -0.4 is 10.2 Å². The zero-order valence-electron chi connectivity index (χ0n) is 16.3. The zero-order valence-corrected chi connectivity index (χ0v) is 16.3. The van der Waals surface area contributed by atoms with Crippen LogP contribution in [0, 0.1) is 0 Å². The van der Waals surface area contributed by atoms with E-state index in [1.165, 1.54) is 0 Å². The quantitative estimate of drug-likeness (QED) is 0.569. The van der Waals surface area contributed by atoms with Crippen LogP contribution in [0.2, 0.25) is 0 Å². The third kappa shape index (κ3) is 4.06. The van der Waals surface area contributed by atoms with Gasteiger partial charge < -0.3 is 10.2 Å². The van der Waals surface area contributed by atoms with E-state index < -0.39 is 0 Å². The number of nitrogens with zero attached hydrogens (tertiary/aromatic N) is 4. The smallest absolute Gasteiger partial charge is 0.252 e. The van der Waals surface area contributed by atoms with Crippen LogP contribution in [0.5, 0.6) is 0 Å². The molecule has 1 N–H and O–H groups in total. The summed E-state index contributed by atoms with van der Waals surface area (Å²) in [4.78, 5) is 28.2. The molecule has 1 aromatic carbocycles. The summed E-state index contributed by atoms with van der Waals surface area (Å²) in [6.07, 6.45) is 5.21. The number of aromatic nitrogens is 3. The minimum absolute atomic E-state index is 0.142. The number of nitrogens with one attached hydrogen (secondary N) is 1. The van der Waals surface area contributed by atoms with Gasteiger partial charge in [0.1, 0.15) is 5.82 Å². The first-order valence-electron chi connectivity index (χ1n) is 9.32. The lowest BCUT2D eigenvalue weighted by Crippen LogP contribution is -2.23. The van der Waals surface area contributed by atoms with E-state index >= 15 is 0 Å². The van der Waals surface area contributed by atoms with Crippen molar-refractivity contribution >= 4 is 22.6 Å². The van der Waals surface area contributed by atoms with Crippen molar-refractivity contribution in [2.45, 2.75) is 6.54 Å². The Morgan fingerprint density at radius 1 is 1.03 bits per heavy atom. The molecule has 0 fully saturated rings. The summed E-state index contributed by atoms with van der Waals surface area (Å²) >= 11 is 0. The fourth-order valence-electron chi connectivity index (χ4n) is 3.12. The van der Waals surface area contributed by atoms with Gasteiger partial charge in [-0.05, 0) is 42.0 Å². The average molecular weight is 383 g/mol. The summed E-state index contributed by atoms with van der Waals surface area (Å²) < 4.78 is 0. The monoisotopic (exact) mass is 383 g/mol. The normalized spacial score (nSPS) is 10.7. The molecule has 1 amide bonds.